The second-order valence-corrected chi connectivity index (χ2v) is 13.8. The van der Waals surface area contributed by atoms with E-state index in [1.807, 2.05) is 36.4 Å². The molecule has 0 bridgehead atoms. The fraction of sp³-hybridized carbons (Fsp3) is 0.581. The van der Waals surface area contributed by atoms with Gasteiger partial charge in [-0.3, -0.25) is 9.32 Å². The highest BCUT2D eigenvalue weighted by Crippen LogP contribution is 2.68. The highest BCUT2D eigenvalue weighted by atomic mass is 31.2. The van der Waals surface area contributed by atoms with Crippen molar-refractivity contribution in [3.63, 3.8) is 0 Å². The van der Waals surface area contributed by atoms with E-state index in [2.05, 4.69) is 13.8 Å². The number of hydrogen-bond acceptors (Lipinski definition) is 5. The van der Waals surface area contributed by atoms with E-state index >= 15 is 0 Å². The van der Waals surface area contributed by atoms with E-state index in [1.54, 1.807) is 24.3 Å². The maximum absolute atomic E-state index is 14.2. The Balaban J connectivity index is 1.24. The molecule has 198 valence electrons. The molecule has 4 saturated carbocycles. The molecule has 0 aliphatic heterocycles. The van der Waals surface area contributed by atoms with Gasteiger partial charge in [0.25, 0.3) is 0 Å². The summed E-state index contributed by atoms with van der Waals surface area (Å²) in [7, 11) is -3.94. The van der Waals surface area contributed by atoms with Crippen LogP contribution in [0.25, 0.3) is 0 Å². The Bertz CT molecular complexity index is 1120. The first-order valence-electron chi connectivity index (χ1n) is 14.1. The molecule has 0 unspecified atom stereocenters. The van der Waals surface area contributed by atoms with Crippen molar-refractivity contribution in [3.8, 4) is 11.5 Å². The molecule has 5 nitrogen and oxygen atoms in total. The first-order valence-corrected chi connectivity index (χ1v) is 15.5. The monoisotopic (exact) mass is 522 g/mol. The van der Waals surface area contributed by atoms with Crippen LogP contribution in [0.2, 0.25) is 0 Å². The molecule has 0 spiro atoms. The lowest BCUT2D eigenvalue weighted by molar-refractivity contribution is -0.141. The van der Waals surface area contributed by atoms with Gasteiger partial charge in [0.2, 0.25) is 0 Å². The van der Waals surface area contributed by atoms with Gasteiger partial charge in [0, 0.05) is 12.8 Å². The largest absolute Gasteiger partial charge is 0.587 e. The second kappa shape index (κ2) is 9.58. The van der Waals surface area contributed by atoms with Crippen LogP contribution in [-0.4, -0.2) is 11.9 Å². The number of carbonyl (C=O) groups is 1. The molecule has 0 amide bonds. The minimum atomic E-state index is -3.94. The van der Waals surface area contributed by atoms with Crippen LogP contribution in [0.3, 0.4) is 0 Å². The average molecular weight is 523 g/mol. The number of fused-ring (bicyclic) bond motifs is 5. The summed E-state index contributed by atoms with van der Waals surface area (Å²) in [5, 5.41) is 0. The van der Waals surface area contributed by atoms with Gasteiger partial charge in [-0.15, -0.1) is 0 Å². The van der Waals surface area contributed by atoms with Crippen LogP contribution in [0.1, 0.15) is 71.6 Å². The maximum Gasteiger partial charge on any atom is 0.587 e. The third kappa shape index (κ3) is 4.57. The molecule has 7 atom stereocenters. The smallest absolute Gasteiger partial charge is 0.395 e. The Morgan fingerprint density at radius 1 is 0.757 bits per heavy atom. The zero-order valence-corrected chi connectivity index (χ0v) is 22.9. The van der Waals surface area contributed by atoms with E-state index in [0.29, 0.717) is 41.0 Å². The third-order valence-electron chi connectivity index (χ3n) is 10.6. The molecule has 4 aliphatic carbocycles. The van der Waals surface area contributed by atoms with E-state index in [0.717, 1.165) is 51.4 Å². The predicted octanol–water partition coefficient (Wildman–Crippen LogP) is 8.25. The molecule has 0 radical (unpaired) electrons. The summed E-state index contributed by atoms with van der Waals surface area (Å²) in [5.74, 6) is 3.81. The van der Waals surface area contributed by atoms with Gasteiger partial charge in [0.05, 0.1) is 6.10 Å². The Morgan fingerprint density at radius 2 is 1.38 bits per heavy atom. The average Bonchev–Trinajstić information content (AvgIpc) is 3.21. The standard InChI is InChI=1S/C31H39O5P/c1-30-19-17-23(32)21-22(30)13-14-26-27-15-16-29(31(27,2)20-18-28(26)30)36-37(33,34-24-9-5-3-6-10-24)35-25-11-7-4-8-12-25/h3-12,22,26-29H,13-21H2,1-2H3/t22-,26-,27-,28-,29-,30-,31-/m0/s1. The number of phosphoric acid groups is 1. The predicted molar refractivity (Wildman–Crippen MR) is 143 cm³/mol. The van der Waals surface area contributed by atoms with Crippen LogP contribution >= 0.6 is 7.82 Å². The van der Waals surface area contributed by atoms with Crippen LogP contribution in [-0.2, 0) is 13.9 Å². The zero-order valence-electron chi connectivity index (χ0n) is 22.0. The number of rotatable bonds is 6. The van der Waals surface area contributed by atoms with E-state index in [-0.39, 0.29) is 16.9 Å². The second-order valence-electron chi connectivity index (χ2n) is 12.4. The molecule has 2 aromatic carbocycles. The summed E-state index contributed by atoms with van der Waals surface area (Å²) in [6.45, 7) is 4.82. The first-order chi connectivity index (χ1) is 17.8. The molecule has 4 fully saturated rings. The number of benzene rings is 2. The van der Waals surface area contributed by atoms with Crippen molar-refractivity contribution in [2.75, 3.05) is 0 Å². The lowest BCUT2D eigenvalue weighted by Gasteiger charge is -2.60. The molecule has 4 aliphatic rings. The van der Waals surface area contributed by atoms with Gasteiger partial charge >= 0.3 is 7.82 Å². The molecular weight excluding hydrogens is 483 g/mol. The van der Waals surface area contributed by atoms with Crippen LogP contribution in [0.5, 0.6) is 11.5 Å². The molecule has 0 heterocycles. The van der Waals surface area contributed by atoms with E-state index in [1.165, 1.54) is 6.42 Å². The van der Waals surface area contributed by atoms with Crippen molar-refractivity contribution in [1.29, 1.82) is 0 Å². The number of hydrogen-bond donors (Lipinski definition) is 0. The zero-order chi connectivity index (χ0) is 25.7. The lowest BCUT2D eigenvalue weighted by Crippen LogP contribution is -2.54. The van der Waals surface area contributed by atoms with E-state index in [9.17, 15) is 9.36 Å². The van der Waals surface area contributed by atoms with Crippen molar-refractivity contribution >= 4 is 13.6 Å². The van der Waals surface area contributed by atoms with Crippen molar-refractivity contribution in [2.45, 2.75) is 77.7 Å². The summed E-state index contributed by atoms with van der Waals surface area (Å²) >= 11 is 0. The summed E-state index contributed by atoms with van der Waals surface area (Å²) in [6, 6.07) is 18.3. The van der Waals surface area contributed by atoms with Crippen LogP contribution < -0.4 is 9.05 Å². The van der Waals surface area contributed by atoms with E-state index in [4.69, 9.17) is 13.6 Å². The molecular formula is C31H39O5P. The first kappa shape index (κ1) is 25.2. The molecule has 6 rings (SSSR count). The Morgan fingerprint density at radius 3 is 2.03 bits per heavy atom. The molecule has 37 heavy (non-hydrogen) atoms. The summed E-state index contributed by atoms with van der Waals surface area (Å²) in [6.07, 6.45) is 8.91. The normalized spacial score (nSPS) is 37.2. The van der Waals surface area contributed by atoms with Crippen LogP contribution in [0, 0.1) is 34.5 Å². The Labute approximate surface area is 220 Å². The van der Waals surface area contributed by atoms with Gasteiger partial charge in [-0.1, -0.05) is 50.2 Å². The van der Waals surface area contributed by atoms with Gasteiger partial charge < -0.3 is 9.05 Å². The van der Waals surface area contributed by atoms with Gasteiger partial charge in [-0.2, -0.15) is 0 Å². The molecule has 6 heteroatoms. The summed E-state index contributed by atoms with van der Waals surface area (Å²) < 4.78 is 32.6. The van der Waals surface area contributed by atoms with Crippen LogP contribution in [0.4, 0.5) is 0 Å². The number of ketones is 1. The third-order valence-corrected chi connectivity index (χ3v) is 12.0. The van der Waals surface area contributed by atoms with Crippen molar-refractivity contribution < 1.29 is 22.9 Å². The highest BCUT2D eigenvalue weighted by molar-refractivity contribution is 7.49. The Kier molecular flexibility index (Phi) is 6.52. The number of phosphoric ester groups is 1. The molecule has 0 saturated heterocycles. The van der Waals surface area contributed by atoms with Crippen molar-refractivity contribution in [1.82, 2.24) is 0 Å². The molecule has 0 N–H and O–H groups in total. The number of carbonyl (C=O) groups excluding carboxylic acids is 1. The minimum Gasteiger partial charge on any atom is -0.395 e. The van der Waals surface area contributed by atoms with Crippen molar-refractivity contribution in [2.24, 2.45) is 34.5 Å². The number of Topliss-reactive ketones (excluding diaryl/α,β-unsaturated/α-hetero) is 1. The molecule has 0 aromatic heterocycles. The highest BCUT2D eigenvalue weighted by Gasteiger charge is 2.61. The fourth-order valence-corrected chi connectivity index (χ4v) is 10.1. The fourth-order valence-electron chi connectivity index (χ4n) is 8.61. The van der Waals surface area contributed by atoms with Gasteiger partial charge in [-0.25, -0.2) is 4.57 Å². The van der Waals surface area contributed by atoms with Crippen LogP contribution in [0.15, 0.2) is 60.7 Å². The SMILES string of the molecule is C[C@]12CCC(=O)C[C@@H]1CC[C@@H]1[C@@H]2CC[C@]2(C)[C@@H](OP(=O)(Oc3ccccc3)Oc3ccccc3)CC[C@@H]12. The van der Waals surface area contributed by atoms with Gasteiger partial charge in [-0.05, 0) is 104 Å². The lowest BCUT2D eigenvalue weighted by atomic mass is 9.45. The van der Waals surface area contributed by atoms with Crippen molar-refractivity contribution in [3.05, 3.63) is 60.7 Å². The summed E-state index contributed by atoms with van der Waals surface area (Å²) in [5.41, 5.74) is 0.212. The van der Waals surface area contributed by atoms with E-state index < -0.39 is 7.82 Å². The minimum absolute atomic E-state index is 0.0649. The summed E-state index contributed by atoms with van der Waals surface area (Å²) in [4.78, 5) is 12.2. The Hall–Kier alpha value is -2.10. The molecule has 2 aromatic rings. The topological polar surface area (TPSA) is 61.8 Å². The van der Waals surface area contributed by atoms with Gasteiger partial charge in [0.15, 0.2) is 0 Å². The quantitative estimate of drug-likeness (QED) is 0.358. The van der Waals surface area contributed by atoms with Gasteiger partial charge in [0.1, 0.15) is 17.3 Å². The number of para-hydroxylation sites is 2. The maximum atomic E-state index is 14.2.